The molecule has 3 saturated heterocycles. The summed E-state index contributed by atoms with van der Waals surface area (Å²) in [4.78, 5) is 48.7. The zero-order valence-corrected chi connectivity index (χ0v) is 27.4. The molecule has 1 saturated carbocycles. The lowest BCUT2D eigenvalue weighted by Crippen LogP contribution is -2.52. The molecule has 0 bridgehead atoms. The summed E-state index contributed by atoms with van der Waals surface area (Å²) < 4.78 is 7.96. The highest BCUT2D eigenvalue weighted by molar-refractivity contribution is 5.78. The zero-order chi connectivity index (χ0) is 32.3. The van der Waals surface area contributed by atoms with E-state index in [2.05, 4.69) is 37.6 Å². The minimum absolute atomic E-state index is 0.105. The number of nitrogens with one attached hydrogen (secondary N) is 2. The van der Waals surface area contributed by atoms with Crippen molar-refractivity contribution in [2.45, 2.75) is 88.3 Å². The number of aromatic nitrogens is 2. The highest BCUT2D eigenvalue weighted by Crippen LogP contribution is 2.43. The number of ether oxygens (including phenoxy) is 1. The van der Waals surface area contributed by atoms with Crippen molar-refractivity contribution in [1.82, 2.24) is 29.6 Å². The van der Waals surface area contributed by atoms with E-state index in [1.54, 1.807) is 10.8 Å². The molecule has 0 unspecified atom stereocenters. The maximum atomic E-state index is 13.8. The summed E-state index contributed by atoms with van der Waals surface area (Å²) in [6, 6.07) is 6.91. The van der Waals surface area contributed by atoms with Gasteiger partial charge in [-0.1, -0.05) is 6.07 Å². The monoisotopic (exact) mass is 646 g/mol. The molecule has 0 atom stereocenters. The molecule has 1 aromatic heterocycles. The second-order valence-electron chi connectivity index (χ2n) is 14.4. The molecule has 12 nitrogen and oxygen atoms in total. The lowest BCUT2D eigenvalue weighted by Gasteiger charge is -2.40. The minimum Gasteiger partial charge on any atom is -0.450 e. The third kappa shape index (κ3) is 7.34. The summed E-state index contributed by atoms with van der Waals surface area (Å²) in [6.45, 7) is 6.53. The molecule has 5 aliphatic rings. The van der Waals surface area contributed by atoms with Crippen molar-refractivity contribution in [3.8, 4) is 11.5 Å². The summed E-state index contributed by atoms with van der Waals surface area (Å²) >= 11 is 0. The van der Waals surface area contributed by atoms with Crippen molar-refractivity contribution < 1.29 is 14.3 Å². The molecule has 254 valence electrons. The predicted molar refractivity (Wildman–Crippen MR) is 180 cm³/mol. The topological polar surface area (TPSA) is 138 Å². The van der Waals surface area contributed by atoms with Crippen LogP contribution in [0.3, 0.4) is 0 Å². The Balaban J connectivity index is 0.951. The number of nitrogens with zero attached hydrogens (tertiary/aromatic N) is 5. The number of hydrogen-bond donors (Lipinski definition) is 3. The molecule has 0 radical (unpaired) electrons. The number of carbonyl (C=O) groups excluding carboxylic acids is 2. The quantitative estimate of drug-likeness (QED) is 0.315. The smallest absolute Gasteiger partial charge is 0.350 e. The summed E-state index contributed by atoms with van der Waals surface area (Å²) in [5, 5.41) is 6.80. The van der Waals surface area contributed by atoms with Gasteiger partial charge in [0.1, 0.15) is 0 Å². The van der Waals surface area contributed by atoms with Gasteiger partial charge in [-0.05, 0) is 120 Å². The molecule has 2 aromatic rings. The summed E-state index contributed by atoms with van der Waals surface area (Å²) in [7, 11) is 0. The van der Waals surface area contributed by atoms with Gasteiger partial charge in [-0.2, -0.15) is 4.98 Å². The minimum atomic E-state index is -0.260. The van der Waals surface area contributed by atoms with Crippen LogP contribution in [0.15, 0.2) is 29.2 Å². The van der Waals surface area contributed by atoms with E-state index in [1.807, 2.05) is 11.0 Å². The third-order valence-electron chi connectivity index (χ3n) is 11.3. The first-order valence-corrected chi connectivity index (χ1v) is 17.8. The maximum absolute atomic E-state index is 13.8. The lowest BCUT2D eigenvalue weighted by atomic mass is 9.89. The molecular weight excluding hydrogens is 596 g/mol. The molecule has 12 heteroatoms. The Morgan fingerprint density at radius 1 is 0.979 bits per heavy atom. The third-order valence-corrected chi connectivity index (χ3v) is 11.3. The van der Waals surface area contributed by atoms with Gasteiger partial charge in [-0.15, -0.1) is 0 Å². The highest BCUT2D eigenvalue weighted by Gasteiger charge is 2.32. The summed E-state index contributed by atoms with van der Waals surface area (Å²) in [6.07, 6.45) is 12.2. The van der Waals surface area contributed by atoms with E-state index in [0.29, 0.717) is 36.0 Å². The van der Waals surface area contributed by atoms with E-state index in [0.717, 1.165) is 128 Å². The molecule has 7 rings (SSSR count). The first kappa shape index (κ1) is 32.1. The van der Waals surface area contributed by atoms with Gasteiger partial charge in [0.05, 0.1) is 18.4 Å². The second kappa shape index (κ2) is 14.3. The molecule has 47 heavy (non-hydrogen) atoms. The number of hydrogen-bond acceptors (Lipinski definition) is 9. The fourth-order valence-corrected chi connectivity index (χ4v) is 8.29. The number of rotatable bonds is 8. The number of benzene rings is 1. The van der Waals surface area contributed by atoms with E-state index in [1.165, 1.54) is 5.56 Å². The Hall–Kier alpha value is -3.48. The Labute approximate surface area is 277 Å². The molecule has 0 spiro atoms. The second-order valence-corrected chi connectivity index (χ2v) is 14.4. The largest absolute Gasteiger partial charge is 0.450 e. The molecule has 5 heterocycles. The van der Waals surface area contributed by atoms with Crippen LogP contribution in [0.25, 0.3) is 0 Å². The first-order chi connectivity index (χ1) is 22.9. The van der Waals surface area contributed by atoms with Gasteiger partial charge < -0.3 is 30.9 Å². The van der Waals surface area contributed by atoms with Gasteiger partial charge in [0.15, 0.2) is 17.3 Å². The molecule has 4 fully saturated rings. The van der Waals surface area contributed by atoms with Crippen molar-refractivity contribution in [3.05, 3.63) is 40.4 Å². The van der Waals surface area contributed by atoms with Crippen molar-refractivity contribution in [2.75, 3.05) is 57.7 Å². The van der Waals surface area contributed by atoms with E-state index >= 15 is 0 Å². The summed E-state index contributed by atoms with van der Waals surface area (Å²) in [5.41, 5.74) is 7.88. The van der Waals surface area contributed by atoms with Gasteiger partial charge in [0.2, 0.25) is 12.3 Å². The number of anilines is 2. The van der Waals surface area contributed by atoms with E-state index < -0.39 is 0 Å². The highest BCUT2D eigenvalue weighted by atomic mass is 16.5. The number of piperidine rings is 3. The summed E-state index contributed by atoms with van der Waals surface area (Å²) in [5.74, 6) is 2.86. The van der Waals surface area contributed by atoms with Crippen LogP contribution in [-0.4, -0.2) is 101 Å². The lowest BCUT2D eigenvalue weighted by molar-refractivity contribution is -0.137. The standard InChI is InChI=1S/C35H50N8O4/c36-27-2-4-28(5-3-27)43-21-32-34(39-35(43)46)38-30-19-26(1-6-31(30)47-32)25-11-17-40(18-12-25)22-33(45)42(29-7-13-37-14-8-29)20-24-9-15-41(23-44)16-10-24/h1,6,19,21,23-25,27-29,37H,2-5,7-18,20,22,36H2,(H,38,39,46). The molecule has 4 aliphatic heterocycles. The Bertz CT molecular complexity index is 1470. The molecule has 2 amide bonds. The van der Waals surface area contributed by atoms with Crippen LogP contribution in [-0.2, 0) is 9.59 Å². The zero-order valence-electron chi connectivity index (χ0n) is 27.4. The van der Waals surface area contributed by atoms with Crippen molar-refractivity contribution in [3.63, 3.8) is 0 Å². The van der Waals surface area contributed by atoms with Crippen molar-refractivity contribution in [1.29, 1.82) is 0 Å². The van der Waals surface area contributed by atoms with E-state index in [4.69, 9.17) is 10.5 Å². The fourth-order valence-electron chi connectivity index (χ4n) is 8.29. The number of fused-ring (bicyclic) bond motifs is 2. The normalized spacial score (nSPS) is 24.5. The number of carbonyl (C=O) groups is 2. The average molecular weight is 647 g/mol. The van der Waals surface area contributed by atoms with Gasteiger partial charge >= 0.3 is 5.69 Å². The van der Waals surface area contributed by atoms with Gasteiger partial charge in [0.25, 0.3) is 0 Å². The van der Waals surface area contributed by atoms with Crippen molar-refractivity contribution >= 4 is 23.8 Å². The average Bonchev–Trinajstić information content (AvgIpc) is 3.10. The Morgan fingerprint density at radius 2 is 1.72 bits per heavy atom. The van der Waals surface area contributed by atoms with Gasteiger partial charge in [0, 0.05) is 37.8 Å². The molecule has 1 aliphatic carbocycles. The van der Waals surface area contributed by atoms with Gasteiger partial charge in [-0.25, -0.2) is 4.79 Å². The Morgan fingerprint density at radius 3 is 2.45 bits per heavy atom. The van der Waals surface area contributed by atoms with Crippen LogP contribution in [0.5, 0.6) is 11.5 Å². The molecular formula is C35H50N8O4. The van der Waals surface area contributed by atoms with E-state index in [-0.39, 0.29) is 23.7 Å². The van der Waals surface area contributed by atoms with Crippen LogP contribution < -0.4 is 26.8 Å². The van der Waals surface area contributed by atoms with E-state index in [9.17, 15) is 14.4 Å². The van der Waals surface area contributed by atoms with Crippen LogP contribution in [0.1, 0.15) is 81.7 Å². The van der Waals surface area contributed by atoms with Crippen LogP contribution in [0.2, 0.25) is 0 Å². The first-order valence-electron chi connectivity index (χ1n) is 17.8. The van der Waals surface area contributed by atoms with Crippen LogP contribution in [0.4, 0.5) is 11.5 Å². The van der Waals surface area contributed by atoms with Crippen LogP contribution in [0, 0.1) is 5.92 Å². The maximum Gasteiger partial charge on any atom is 0.350 e. The molecule has 4 N–H and O–H groups in total. The SMILES string of the molecule is NC1CCC(n2cc3c(nc2=O)Nc2cc(C4CCN(CC(=O)N(CC5CCN(C=O)CC5)C5CCNCC5)CC4)ccc2O3)CC1. The van der Waals surface area contributed by atoms with Crippen molar-refractivity contribution in [2.24, 2.45) is 11.7 Å². The Kier molecular flexibility index (Phi) is 9.78. The fraction of sp³-hybridized carbons (Fsp3) is 0.657. The predicted octanol–water partition coefficient (Wildman–Crippen LogP) is 3.16. The number of nitrogens with two attached hydrogens (primary N) is 1. The number of amides is 2. The van der Waals surface area contributed by atoms with Crippen LogP contribution >= 0.6 is 0 Å². The number of likely N-dealkylation sites (tertiary alicyclic amines) is 2. The molecule has 1 aromatic carbocycles. The van der Waals surface area contributed by atoms with Gasteiger partial charge in [-0.3, -0.25) is 19.1 Å².